The second kappa shape index (κ2) is 9.83. The molecule has 1 atom stereocenters. The summed E-state index contributed by atoms with van der Waals surface area (Å²) < 4.78 is 13.6. The minimum absolute atomic E-state index is 0.218. The molecular formula is C22H30N4O3S. The van der Waals surface area contributed by atoms with Crippen LogP contribution < -0.4 is 9.64 Å². The maximum Gasteiger partial charge on any atom is 0.228 e. The lowest BCUT2D eigenvalue weighted by molar-refractivity contribution is 0.0951. The van der Waals surface area contributed by atoms with Crippen LogP contribution in [0, 0.1) is 5.92 Å². The summed E-state index contributed by atoms with van der Waals surface area (Å²) in [6.07, 6.45) is 5.64. The lowest BCUT2D eigenvalue weighted by atomic mass is 10.00. The number of rotatable bonds is 8. The van der Waals surface area contributed by atoms with Gasteiger partial charge in [0.2, 0.25) is 5.95 Å². The van der Waals surface area contributed by atoms with E-state index in [4.69, 9.17) is 9.47 Å². The van der Waals surface area contributed by atoms with E-state index in [2.05, 4.69) is 26.6 Å². The first-order chi connectivity index (χ1) is 14.7. The van der Waals surface area contributed by atoms with Gasteiger partial charge in [0.1, 0.15) is 12.0 Å². The van der Waals surface area contributed by atoms with Crippen molar-refractivity contribution in [3.63, 3.8) is 0 Å². The number of carbonyl (C=O) groups is 1. The van der Waals surface area contributed by atoms with Crippen molar-refractivity contribution in [2.75, 3.05) is 31.7 Å². The highest BCUT2D eigenvalue weighted by Gasteiger charge is 2.26. The molecule has 0 saturated carbocycles. The molecular weight excluding hydrogens is 400 g/mol. The van der Waals surface area contributed by atoms with Crippen LogP contribution in [0.5, 0.6) is 5.75 Å². The van der Waals surface area contributed by atoms with E-state index in [1.54, 1.807) is 24.9 Å². The van der Waals surface area contributed by atoms with Crippen molar-refractivity contribution in [2.24, 2.45) is 5.92 Å². The number of hydrogen-bond donors (Lipinski definition) is 0. The van der Waals surface area contributed by atoms with E-state index in [0.29, 0.717) is 11.3 Å². The van der Waals surface area contributed by atoms with Crippen LogP contribution in [0.2, 0.25) is 0 Å². The monoisotopic (exact) mass is 430 g/mol. The van der Waals surface area contributed by atoms with Gasteiger partial charge >= 0.3 is 0 Å². The fourth-order valence-corrected chi connectivity index (χ4v) is 5.03. The number of hydrogen-bond acceptors (Lipinski definition) is 7. The second-order valence-corrected chi connectivity index (χ2v) is 9.12. The molecule has 30 heavy (non-hydrogen) atoms. The minimum atomic E-state index is 0.218. The molecule has 8 heteroatoms. The molecule has 0 N–H and O–H groups in total. The van der Waals surface area contributed by atoms with Gasteiger partial charge in [-0.1, -0.05) is 18.7 Å². The first-order valence-electron chi connectivity index (χ1n) is 10.7. The summed E-state index contributed by atoms with van der Waals surface area (Å²) in [5.41, 5.74) is 1.63. The van der Waals surface area contributed by atoms with Gasteiger partial charge in [-0.2, -0.15) is 0 Å². The Balaban J connectivity index is 1.55. The van der Waals surface area contributed by atoms with Crippen LogP contribution >= 0.6 is 11.8 Å². The Labute approximate surface area is 182 Å². The highest BCUT2D eigenvalue weighted by molar-refractivity contribution is 7.98. The smallest absolute Gasteiger partial charge is 0.228 e. The largest absolute Gasteiger partial charge is 0.496 e. The van der Waals surface area contributed by atoms with Gasteiger partial charge in [0, 0.05) is 36.6 Å². The number of anilines is 1. The Bertz CT molecular complexity index is 858. The van der Waals surface area contributed by atoms with Crippen LogP contribution in [-0.4, -0.2) is 54.0 Å². The fourth-order valence-electron chi connectivity index (χ4n) is 4.11. The number of piperidine rings is 1. The summed E-state index contributed by atoms with van der Waals surface area (Å²) in [7, 11) is 1.65. The molecule has 0 aliphatic carbocycles. The molecule has 1 unspecified atom stereocenters. The number of ether oxygens (including phenoxy) is 2. The van der Waals surface area contributed by atoms with Crippen LogP contribution in [0.4, 0.5) is 5.95 Å². The molecule has 2 aliphatic heterocycles. The lowest BCUT2D eigenvalue weighted by Gasteiger charge is -2.31. The van der Waals surface area contributed by atoms with Crippen LogP contribution in [0.25, 0.3) is 0 Å². The number of aromatic nitrogens is 3. The molecule has 2 saturated heterocycles. The molecule has 1 aromatic heterocycles. The van der Waals surface area contributed by atoms with Gasteiger partial charge in [-0.15, -0.1) is 10.2 Å². The Hall–Kier alpha value is -2.06. The van der Waals surface area contributed by atoms with Crippen molar-refractivity contribution >= 4 is 24.0 Å². The zero-order valence-corrected chi connectivity index (χ0v) is 18.6. The quantitative estimate of drug-likeness (QED) is 0.466. The number of carbonyl (C=O) groups excluding carboxylic acids is 1. The van der Waals surface area contributed by atoms with Crippen molar-refractivity contribution in [1.82, 2.24) is 14.8 Å². The molecule has 2 aromatic rings. The number of aldehydes is 1. The van der Waals surface area contributed by atoms with Crippen LogP contribution in [-0.2, 0) is 17.0 Å². The SMILES string of the molecule is COc1ccc(C=O)cc1CSc1nnc(N2CCC(C)CC2)n1CC1CCCO1. The normalized spacial score (nSPS) is 19.9. The second-order valence-electron chi connectivity index (χ2n) is 8.18. The van der Waals surface area contributed by atoms with Gasteiger partial charge in [-0.25, -0.2) is 0 Å². The third-order valence-corrected chi connectivity index (χ3v) is 6.99. The molecule has 0 amide bonds. The van der Waals surface area contributed by atoms with E-state index < -0.39 is 0 Å². The maximum absolute atomic E-state index is 11.2. The summed E-state index contributed by atoms with van der Waals surface area (Å²) in [5.74, 6) is 3.16. The molecule has 4 rings (SSSR count). The predicted octanol–water partition coefficient (Wildman–Crippen LogP) is 3.81. The van der Waals surface area contributed by atoms with E-state index in [0.717, 1.165) is 73.7 Å². The topological polar surface area (TPSA) is 69.5 Å². The first-order valence-corrected chi connectivity index (χ1v) is 11.7. The first kappa shape index (κ1) is 21.2. The maximum atomic E-state index is 11.2. The summed E-state index contributed by atoms with van der Waals surface area (Å²) in [5, 5.41) is 9.99. The van der Waals surface area contributed by atoms with Crippen molar-refractivity contribution < 1.29 is 14.3 Å². The van der Waals surface area contributed by atoms with Crippen LogP contribution in [0.1, 0.15) is 48.5 Å². The van der Waals surface area contributed by atoms with Gasteiger partial charge in [-0.05, 0) is 49.8 Å². The summed E-state index contributed by atoms with van der Waals surface area (Å²) >= 11 is 1.63. The van der Waals surface area contributed by atoms with Crippen molar-refractivity contribution in [1.29, 1.82) is 0 Å². The van der Waals surface area contributed by atoms with E-state index in [1.807, 2.05) is 12.1 Å². The van der Waals surface area contributed by atoms with Crippen LogP contribution in [0.15, 0.2) is 23.4 Å². The Morgan fingerprint density at radius 1 is 1.27 bits per heavy atom. The van der Waals surface area contributed by atoms with Crippen LogP contribution in [0.3, 0.4) is 0 Å². The standard InChI is InChI=1S/C22H30N4O3S/c1-16-7-9-25(10-8-16)21-23-24-22(26(21)13-19-4-3-11-29-19)30-15-18-12-17(14-27)5-6-20(18)28-2/h5-6,12,14,16,19H,3-4,7-11,13,15H2,1-2H3. The highest BCUT2D eigenvalue weighted by atomic mass is 32.2. The summed E-state index contributed by atoms with van der Waals surface area (Å²) in [6, 6.07) is 5.50. The van der Waals surface area contributed by atoms with Gasteiger partial charge < -0.3 is 14.4 Å². The van der Waals surface area contributed by atoms with Gasteiger partial charge in [-0.3, -0.25) is 9.36 Å². The van der Waals surface area contributed by atoms with Crippen molar-refractivity contribution in [3.05, 3.63) is 29.3 Å². The van der Waals surface area contributed by atoms with E-state index in [9.17, 15) is 4.79 Å². The van der Waals surface area contributed by atoms with E-state index in [-0.39, 0.29) is 6.10 Å². The zero-order chi connectivity index (χ0) is 20.9. The Morgan fingerprint density at radius 2 is 2.10 bits per heavy atom. The molecule has 0 radical (unpaired) electrons. The lowest BCUT2D eigenvalue weighted by Crippen LogP contribution is -2.35. The molecule has 162 valence electrons. The van der Waals surface area contributed by atoms with Crippen molar-refractivity contribution in [2.45, 2.75) is 56.2 Å². The summed E-state index contributed by atoms with van der Waals surface area (Å²) in [6.45, 7) is 5.97. The fraction of sp³-hybridized carbons (Fsp3) is 0.591. The number of benzene rings is 1. The van der Waals surface area contributed by atoms with Crippen molar-refractivity contribution in [3.8, 4) is 5.75 Å². The Kier molecular flexibility index (Phi) is 6.94. The molecule has 0 spiro atoms. The highest BCUT2D eigenvalue weighted by Crippen LogP contribution is 2.32. The molecule has 0 bridgehead atoms. The van der Waals surface area contributed by atoms with E-state index in [1.165, 1.54) is 12.8 Å². The van der Waals surface area contributed by atoms with Gasteiger partial charge in [0.25, 0.3) is 0 Å². The molecule has 2 aliphatic rings. The minimum Gasteiger partial charge on any atom is -0.496 e. The average molecular weight is 431 g/mol. The zero-order valence-electron chi connectivity index (χ0n) is 17.7. The van der Waals surface area contributed by atoms with Gasteiger partial charge in [0.15, 0.2) is 5.16 Å². The average Bonchev–Trinajstić information content (AvgIpc) is 3.43. The number of nitrogens with zero attached hydrogens (tertiary/aromatic N) is 4. The molecule has 1 aromatic carbocycles. The predicted molar refractivity (Wildman–Crippen MR) is 118 cm³/mol. The Morgan fingerprint density at radius 3 is 2.80 bits per heavy atom. The number of thioether (sulfide) groups is 1. The van der Waals surface area contributed by atoms with E-state index >= 15 is 0 Å². The van der Waals surface area contributed by atoms with Gasteiger partial charge in [0.05, 0.1) is 19.8 Å². The molecule has 7 nitrogen and oxygen atoms in total. The third kappa shape index (κ3) is 4.81. The number of methoxy groups -OCH3 is 1. The summed E-state index contributed by atoms with van der Waals surface area (Å²) in [4.78, 5) is 13.5. The molecule has 2 fully saturated rings. The molecule has 3 heterocycles. The third-order valence-electron chi connectivity index (χ3n) is 5.97.